The second-order valence-corrected chi connectivity index (χ2v) is 5.40. The molecular formula is C13H19N3O2. The van der Waals surface area contributed by atoms with Gasteiger partial charge >= 0.3 is 0 Å². The van der Waals surface area contributed by atoms with Gasteiger partial charge in [0.25, 0.3) is 5.69 Å². The zero-order valence-electron chi connectivity index (χ0n) is 10.6. The third kappa shape index (κ3) is 2.86. The number of benzene rings is 1. The maximum Gasteiger partial charge on any atom is 0.269 e. The molecule has 0 aliphatic carbocycles. The molecule has 5 nitrogen and oxygen atoms in total. The molecule has 1 heterocycles. The molecule has 0 bridgehead atoms. The van der Waals surface area contributed by atoms with Gasteiger partial charge in [-0.2, -0.15) is 0 Å². The number of hydrogen-bond donors (Lipinski definition) is 1. The molecule has 0 saturated carbocycles. The quantitative estimate of drug-likeness (QED) is 0.652. The highest BCUT2D eigenvalue weighted by molar-refractivity contribution is 5.34. The monoisotopic (exact) mass is 249 g/mol. The smallest absolute Gasteiger partial charge is 0.269 e. The van der Waals surface area contributed by atoms with Crippen LogP contribution in [-0.4, -0.2) is 29.5 Å². The van der Waals surface area contributed by atoms with Gasteiger partial charge in [0.05, 0.1) is 4.92 Å². The van der Waals surface area contributed by atoms with Crippen molar-refractivity contribution in [1.29, 1.82) is 0 Å². The van der Waals surface area contributed by atoms with E-state index in [1.807, 2.05) is 6.07 Å². The molecule has 0 radical (unpaired) electrons. The first-order chi connectivity index (χ1) is 8.52. The van der Waals surface area contributed by atoms with Crippen molar-refractivity contribution in [3.8, 4) is 0 Å². The van der Waals surface area contributed by atoms with E-state index in [1.54, 1.807) is 12.1 Å². The van der Waals surface area contributed by atoms with E-state index < -0.39 is 0 Å². The molecule has 1 atom stereocenters. The predicted molar refractivity (Wildman–Crippen MR) is 70.2 cm³/mol. The largest absolute Gasteiger partial charge is 0.330 e. The third-order valence-electron chi connectivity index (χ3n) is 3.66. The zero-order chi connectivity index (χ0) is 13.2. The number of nitrogens with zero attached hydrogens (tertiary/aromatic N) is 2. The van der Waals surface area contributed by atoms with Gasteiger partial charge in [-0.3, -0.25) is 15.0 Å². The minimum absolute atomic E-state index is 0.160. The fourth-order valence-corrected chi connectivity index (χ4v) is 2.45. The summed E-state index contributed by atoms with van der Waals surface area (Å²) in [6.07, 6.45) is 1.10. The van der Waals surface area contributed by atoms with Gasteiger partial charge < -0.3 is 5.73 Å². The first-order valence-corrected chi connectivity index (χ1v) is 6.18. The van der Waals surface area contributed by atoms with Crippen LogP contribution >= 0.6 is 0 Å². The molecule has 2 N–H and O–H groups in total. The Kier molecular flexibility index (Phi) is 3.63. The SMILES string of the molecule is CC1(CN)CCN(Cc2cccc([N+](=O)[O-])c2)C1. The van der Waals surface area contributed by atoms with E-state index in [0.29, 0.717) is 6.54 Å². The van der Waals surface area contributed by atoms with Crippen LogP contribution in [0.3, 0.4) is 0 Å². The molecule has 18 heavy (non-hydrogen) atoms. The number of rotatable bonds is 4. The topological polar surface area (TPSA) is 72.4 Å². The summed E-state index contributed by atoms with van der Waals surface area (Å²) in [5, 5.41) is 10.7. The van der Waals surface area contributed by atoms with Gasteiger partial charge in [-0.05, 0) is 30.5 Å². The highest BCUT2D eigenvalue weighted by Crippen LogP contribution is 2.29. The second-order valence-electron chi connectivity index (χ2n) is 5.40. The molecule has 98 valence electrons. The first kappa shape index (κ1) is 13.0. The molecular weight excluding hydrogens is 230 g/mol. The van der Waals surface area contributed by atoms with Crippen molar-refractivity contribution < 1.29 is 4.92 Å². The Bertz CT molecular complexity index is 450. The molecule has 1 aromatic carbocycles. The fraction of sp³-hybridized carbons (Fsp3) is 0.538. The molecule has 1 fully saturated rings. The summed E-state index contributed by atoms with van der Waals surface area (Å²) in [5.74, 6) is 0. The van der Waals surface area contributed by atoms with Crippen LogP contribution in [0, 0.1) is 15.5 Å². The Morgan fingerprint density at radius 2 is 2.33 bits per heavy atom. The van der Waals surface area contributed by atoms with Crippen LogP contribution < -0.4 is 5.73 Å². The van der Waals surface area contributed by atoms with Crippen molar-refractivity contribution in [1.82, 2.24) is 4.90 Å². The standard InChI is InChI=1S/C13H19N3O2/c1-13(9-14)5-6-15(10-13)8-11-3-2-4-12(7-11)16(17)18/h2-4,7H,5-6,8-10,14H2,1H3. The summed E-state index contributed by atoms with van der Waals surface area (Å²) < 4.78 is 0. The average Bonchev–Trinajstić information content (AvgIpc) is 2.72. The first-order valence-electron chi connectivity index (χ1n) is 6.18. The van der Waals surface area contributed by atoms with Crippen molar-refractivity contribution in [3.63, 3.8) is 0 Å². The van der Waals surface area contributed by atoms with Crippen LogP contribution in [0.4, 0.5) is 5.69 Å². The van der Waals surface area contributed by atoms with E-state index in [9.17, 15) is 10.1 Å². The van der Waals surface area contributed by atoms with Crippen LogP contribution in [0.25, 0.3) is 0 Å². The van der Waals surface area contributed by atoms with E-state index in [1.165, 1.54) is 6.07 Å². The molecule has 5 heteroatoms. The van der Waals surface area contributed by atoms with Gasteiger partial charge in [0, 0.05) is 25.2 Å². The van der Waals surface area contributed by atoms with Crippen molar-refractivity contribution >= 4 is 5.69 Å². The van der Waals surface area contributed by atoms with Gasteiger partial charge in [0.1, 0.15) is 0 Å². The van der Waals surface area contributed by atoms with E-state index in [0.717, 1.165) is 31.6 Å². The summed E-state index contributed by atoms with van der Waals surface area (Å²) in [6.45, 7) is 5.62. The average molecular weight is 249 g/mol. The Labute approximate surface area is 107 Å². The second kappa shape index (κ2) is 5.04. The van der Waals surface area contributed by atoms with Gasteiger partial charge in [-0.25, -0.2) is 0 Å². The summed E-state index contributed by atoms with van der Waals surface area (Å²) >= 11 is 0. The summed E-state index contributed by atoms with van der Waals surface area (Å²) in [6, 6.07) is 6.85. The zero-order valence-corrected chi connectivity index (χ0v) is 10.6. The van der Waals surface area contributed by atoms with E-state index >= 15 is 0 Å². The third-order valence-corrected chi connectivity index (χ3v) is 3.66. The highest BCUT2D eigenvalue weighted by atomic mass is 16.6. The lowest BCUT2D eigenvalue weighted by Gasteiger charge is -2.22. The normalized spacial score (nSPS) is 24.3. The van der Waals surface area contributed by atoms with Crippen molar-refractivity contribution in [3.05, 3.63) is 39.9 Å². The molecule has 1 aliphatic heterocycles. The molecule has 1 aromatic rings. The van der Waals surface area contributed by atoms with E-state index in [4.69, 9.17) is 5.73 Å². The number of nitrogens with two attached hydrogens (primary N) is 1. The van der Waals surface area contributed by atoms with E-state index in [-0.39, 0.29) is 16.0 Å². The van der Waals surface area contributed by atoms with Crippen molar-refractivity contribution in [2.45, 2.75) is 19.9 Å². The summed E-state index contributed by atoms with van der Waals surface area (Å²) in [4.78, 5) is 12.7. The van der Waals surface area contributed by atoms with Crippen LogP contribution in [0.2, 0.25) is 0 Å². The van der Waals surface area contributed by atoms with E-state index in [2.05, 4.69) is 11.8 Å². The predicted octanol–water partition coefficient (Wildman–Crippen LogP) is 1.77. The van der Waals surface area contributed by atoms with Crippen LogP contribution in [0.5, 0.6) is 0 Å². The fourth-order valence-electron chi connectivity index (χ4n) is 2.45. The molecule has 0 amide bonds. The lowest BCUT2D eigenvalue weighted by Crippen LogP contribution is -2.31. The molecule has 1 unspecified atom stereocenters. The molecule has 0 aromatic heterocycles. The maximum absolute atomic E-state index is 10.7. The highest BCUT2D eigenvalue weighted by Gasteiger charge is 2.32. The van der Waals surface area contributed by atoms with Crippen LogP contribution in [0.1, 0.15) is 18.9 Å². The van der Waals surface area contributed by atoms with Crippen LogP contribution in [0.15, 0.2) is 24.3 Å². The lowest BCUT2D eigenvalue weighted by atomic mass is 9.90. The Morgan fingerprint density at radius 3 is 2.94 bits per heavy atom. The van der Waals surface area contributed by atoms with Gasteiger partial charge in [-0.1, -0.05) is 19.1 Å². The maximum atomic E-state index is 10.7. The van der Waals surface area contributed by atoms with Gasteiger partial charge in [0.15, 0.2) is 0 Å². The Morgan fingerprint density at radius 1 is 1.56 bits per heavy atom. The number of nitro groups is 1. The summed E-state index contributed by atoms with van der Waals surface area (Å²) in [5.41, 5.74) is 7.12. The minimum atomic E-state index is -0.350. The number of likely N-dealkylation sites (tertiary alicyclic amines) is 1. The van der Waals surface area contributed by atoms with Crippen molar-refractivity contribution in [2.24, 2.45) is 11.1 Å². The lowest BCUT2D eigenvalue weighted by molar-refractivity contribution is -0.384. The minimum Gasteiger partial charge on any atom is -0.330 e. The number of hydrogen-bond acceptors (Lipinski definition) is 4. The van der Waals surface area contributed by atoms with Gasteiger partial charge in [0.2, 0.25) is 0 Å². The molecule has 1 aliphatic rings. The molecule has 0 spiro atoms. The van der Waals surface area contributed by atoms with Gasteiger partial charge in [-0.15, -0.1) is 0 Å². The Balaban J connectivity index is 2.02. The van der Waals surface area contributed by atoms with Crippen LogP contribution in [-0.2, 0) is 6.54 Å². The number of nitro benzene ring substituents is 1. The summed E-state index contributed by atoms with van der Waals surface area (Å²) in [7, 11) is 0. The molecule has 2 rings (SSSR count). The Hall–Kier alpha value is -1.46. The number of non-ortho nitro benzene ring substituents is 1. The van der Waals surface area contributed by atoms with Crippen molar-refractivity contribution in [2.75, 3.05) is 19.6 Å². The molecule has 1 saturated heterocycles.